The van der Waals surface area contributed by atoms with Gasteiger partial charge in [0.1, 0.15) is 17.3 Å². The summed E-state index contributed by atoms with van der Waals surface area (Å²) in [5.41, 5.74) is 0.320. The number of rotatable bonds is 4. The SMILES string of the molecule is C[C@@H](NC(=O)c1ccc(-c2ccccc2F)o1)c1ccco1. The van der Waals surface area contributed by atoms with Gasteiger partial charge >= 0.3 is 0 Å². The van der Waals surface area contributed by atoms with Crippen LogP contribution in [0.25, 0.3) is 11.3 Å². The number of carbonyl (C=O) groups excluding carboxylic acids is 1. The first kappa shape index (κ1) is 14.1. The van der Waals surface area contributed by atoms with Crippen LogP contribution in [-0.2, 0) is 0 Å². The second-order valence-corrected chi connectivity index (χ2v) is 4.85. The van der Waals surface area contributed by atoms with Crippen LogP contribution in [0.5, 0.6) is 0 Å². The molecule has 0 aliphatic rings. The van der Waals surface area contributed by atoms with Crippen molar-refractivity contribution in [3.63, 3.8) is 0 Å². The quantitative estimate of drug-likeness (QED) is 0.786. The Bertz CT molecular complexity index is 777. The summed E-state index contributed by atoms with van der Waals surface area (Å²) in [5.74, 6) is 0.305. The fourth-order valence-corrected chi connectivity index (χ4v) is 2.14. The smallest absolute Gasteiger partial charge is 0.287 e. The second kappa shape index (κ2) is 5.89. The minimum Gasteiger partial charge on any atom is -0.467 e. The van der Waals surface area contributed by atoms with Gasteiger partial charge in [0.25, 0.3) is 5.91 Å². The van der Waals surface area contributed by atoms with E-state index in [1.165, 1.54) is 12.1 Å². The van der Waals surface area contributed by atoms with Gasteiger partial charge in [-0.25, -0.2) is 4.39 Å². The van der Waals surface area contributed by atoms with Gasteiger partial charge < -0.3 is 14.2 Å². The molecule has 1 aromatic carbocycles. The van der Waals surface area contributed by atoms with E-state index in [0.717, 1.165) is 0 Å². The molecule has 1 amide bonds. The summed E-state index contributed by atoms with van der Waals surface area (Å²) < 4.78 is 24.4. The third-order valence-corrected chi connectivity index (χ3v) is 3.29. The zero-order valence-corrected chi connectivity index (χ0v) is 11.9. The van der Waals surface area contributed by atoms with Crippen molar-refractivity contribution in [2.24, 2.45) is 0 Å². The number of benzene rings is 1. The zero-order chi connectivity index (χ0) is 15.5. The van der Waals surface area contributed by atoms with Crippen molar-refractivity contribution in [2.45, 2.75) is 13.0 Å². The maximum absolute atomic E-state index is 13.7. The van der Waals surface area contributed by atoms with Gasteiger partial charge in [-0.05, 0) is 43.3 Å². The highest BCUT2D eigenvalue weighted by molar-refractivity contribution is 5.92. The maximum Gasteiger partial charge on any atom is 0.287 e. The summed E-state index contributed by atoms with van der Waals surface area (Å²) in [6.07, 6.45) is 1.54. The fraction of sp³-hybridized carbons (Fsp3) is 0.118. The number of halogens is 1. The Hall–Kier alpha value is -2.82. The molecule has 4 nitrogen and oxygen atoms in total. The lowest BCUT2D eigenvalue weighted by molar-refractivity contribution is 0.0908. The highest BCUT2D eigenvalue weighted by atomic mass is 19.1. The number of amides is 1. The van der Waals surface area contributed by atoms with E-state index in [4.69, 9.17) is 8.83 Å². The molecule has 112 valence electrons. The molecule has 0 saturated heterocycles. The van der Waals surface area contributed by atoms with Gasteiger partial charge in [-0.1, -0.05) is 12.1 Å². The van der Waals surface area contributed by atoms with Crippen LogP contribution in [0.3, 0.4) is 0 Å². The van der Waals surface area contributed by atoms with Gasteiger partial charge in [-0.2, -0.15) is 0 Å². The fourth-order valence-electron chi connectivity index (χ4n) is 2.14. The third-order valence-electron chi connectivity index (χ3n) is 3.29. The Morgan fingerprint density at radius 2 is 1.95 bits per heavy atom. The van der Waals surface area contributed by atoms with Crippen LogP contribution in [0, 0.1) is 5.82 Å². The first-order chi connectivity index (χ1) is 10.6. The first-order valence-electron chi connectivity index (χ1n) is 6.84. The molecule has 0 saturated carbocycles. The molecular weight excluding hydrogens is 285 g/mol. The van der Waals surface area contributed by atoms with Crippen molar-refractivity contribution in [1.82, 2.24) is 5.32 Å². The predicted octanol–water partition coefficient (Wildman–Crippen LogP) is 4.17. The lowest BCUT2D eigenvalue weighted by Crippen LogP contribution is -2.25. The number of nitrogens with one attached hydrogen (secondary N) is 1. The monoisotopic (exact) mass is 299 g/mol. The van der Waals surface area contributed by atoms with Crippen molar-refractivity contribution in [3.05, 3.63) is 72.1 Å². The molecule has 0 bridgehead atoms. The molecular formula is C17H14FNO3. The molecule has 1 N–H and O–H groups in total. The van der Waals surface area contributed by atoms with E-state index in [0.29, 0.717) is 17.1 Å². The summed E-state index contributed by atoms with van der Waals surface area (Å²) in [6, 6.07) is 12.6. The van der Waals surface area contributed by atoms with Gasteiger partial charge in [-0.15, -0.1) is 0 Å². The van der Waals surface area contributed by atoms with Crippen LogP contribution in [0.15, 0.2) is 63.6 Å². The molecule has 3 rings (SSSR count). The second-order valence-electron chi connectivity index (χ2n) is 4.85. The first-order valence-corrected chi connectivity index (χ1v) is 6.84. The molecule has 0 spiro atoms. The lowest BCUT2D eigenvalue weighted by atomic mass is 10.1. The maximum atomic E-state index is 13.7. The summed E-state index contributed by atoms with van der Waals surface area (Å²) in [5, 5.41) is 2.76. The summed E-state index contributed by atoms with van der Waals surface area (Å²) in [7, 11) is 0. The number of carbonyl (C=O) groups is 1. The minimum atomic E-state index is -0.396. The highest BCUT2D eigenvalue weighted by Gasteiger charge is 2.17. The van der Waals surface area contributed by atoms with Crippen molar-refractivity contribution in [2.75, 3.05) is 0 Å². The van der Waals surface area contributed by atoms with Crippen molar-refractivity contribution >= 4 is 5.91 Å². The van der Waals surface area contributed by atoms with E-state index in [2.05, 4.69) is 5.32 Å². The topological polar surface area (TPSA) is 55.4 Å². The molecule has 2 aromatic heterocycles. The third kappa shape index (κ3) is 2.79. The predicted molar refractivity (Wildman–Crippen MR) is 78.7 cm³/mol. The van der Waals surface area contributed by atoms with Crippen LogP contribution >= 0.6 is 0 Å². The van der Waals surface area contributed by atoms with E-state index >= 15 is 0 Å². The molecule has 0 aliphatic carbocycles. The molecule has 3 aromatic rings. The average Bonchev–Trinajstić information content (AvgIpc) is 3.19. The van der Waals surface area contributed by atoms with Crippen LogP contribution in [-0.4, -0.2) is 5.91 Å². The van der Waals surface area contributed by atoms with Gasteiger partial charge in [0.05, 0.1) is 17.9 Å². The van der Waals surface area contributed by atoms with Gasteiger partial charge in [0, 0.05) is 0 Å². The zero-order valence-electron chi connectivity index (χ0n) is 11.9. The Labute approximate surface area is 126 Å². The molecule has 2 heterocycles. The van der Waals surface area contributed by atoms with Gasteiger partial charge in [-0.3, -0.25) is 4.79 Å². The largest absolute Gasteiger partial charge is 0.467 e. The lowest BCUT2D eigenvalue weighted by Gasteiger charge is -2.09. The van der Waals surface area contributed by atoms with Crippen LogP contribution in [0.1, 0.15) is 29.3 Å². The molecule has 0 unspecified atom stereocenters. The van der Waals surface area contributed by atoms with Gasteiger partial charge in [0.15, 0.2) is 5.76 Å². The average molecular weight is 299 g/mol. The standard InChI is InChI=1S/C17H14FNO3/c1-11(14-7-4-10-21-14)19-17(20)16-9-8-15(22-16)12-5-2-3-6-13(12)18/h2-11H,1H3,(H,19,20)/t11-/m1/s1. The molecule has 0 radical (unpaired) electrons. The Morgan fingerprint density at radius 3 is 2.68 bits per heavy atom. The Morgan fingerprint density at radius 1 is 1.14 bits per heavy atom. The van der Waals surface area contributed by atoms with Gasteiger partial charge in [0.2, 0.25) is 0 Å². The number of hydrogen-bond acceptors (Lipinski definition) is 3. The minimum absolute atomic E-state index is 0.122. The number of hydrogen-bond donors (Lipinski definition) is 1. The van der Waals surface area contributed by atoms with Crippen LogP contribution in [0.2, 0.25) is 0 Å². The molecule has 5 heteroatoms. The van der Waals surface area contributed by atoms with Crippen molar-refractivity contribution in [3.8, 4) is 11.3 Å². The summed E-state index contributed by atoms with van der Waals surface area (Å²) in [4.78, 5) is 12.1. The van der Waals surface area contributed by atoms with Crippen molar-refractivity contribution < 1.29 is 18.0 Å². The van der Waals surface area contributed by atoms with Crippen molar-refractivity contribution in [1.29, 1.82) is 0 Å². The molecule has 0 aliphatic heterocycles. The van der Waals surface area contributed by atoms with Crippen LogP contribution in [0.4, 0.5) is 4.39 Å². The Balaban J connectivity index is 1.76. The molecule has 22 heavy (non-hydrogen) atoms. The van der Waals surface area contributed by atoms with E-state index in [9.17, 15) is 9.18 Å². The number of furan rings is 2. The normalized spacial score (nSPS) is 12.1. The van der Waals surface area contributed by atoms with Crippen LogP contribution < -0.4 is 5.32 Å². The summed E-state index contributed by atoms with van der Waals surface area (Å²) >= 11 is 0. The highest BCUT2D eigenvalue weighted by Crippen LogP contribution is 2.25. The molecule has 0 fully saturated rings. The van der Waals surface area contributed by atoms with E-state index in [1.54, 1.807) is 49.6 Å². The molecule has 1 atom stereocenters. The van der Waals surface area contributed by atoms with E-state index in [1.807, 2.05) is 0 Å². The van der Waals surface area contributed by atoms with E-state index in [-0.39, 0.29) is 17.7 Å². The summed E-state index contributed by atoms with van der Waals surface area (Å²) in [6.45, 7) is 1.80. The van der Waals surface area contributed by atoms with E-state index < -0.39 is 5.82 Å². The Kier molecular flexibility index (Phi) is 3.78.